The number of carbonyl (C=O) groups excluding carboxylic acids is 1. The first kappa shape index (κ1) is 16.6. The Hall–Kier alpha value is -0.770. The normalized spacial score (nSPS) is 17.7. The lowest BCUT2D eigenvalue weighted by atomic mass is 9.93. The number of rotatable bonds is 5. The van der Waals surface area contributed by atoms with Gasteiger partial charge in [0.15, 0.2) is 0 Å². The van der Waals surface area contributed by atoms with Crippen molar-refractivity contribution in [2.24, 2.45) is 0 Å². The van der Waals surface area contributed by atoms with Crippen LogP contribution >= 0.6 is 23.2 Å². The first-order valence-corrected chi connectivity index (χ1v) is 8.06. The summed E-state index contributed by atoms with van der Waals surface area (Å²) in [5, 5.41) is 1.33. The fourth-order valence-corrected chi connectivity index (χ4v) is 3.46. The van der Waals surface area contributed by atoms with Gasteiger partial charge in [-0.15, -0.1) is 0 Å². The Bertz CT molecular complexity index is 519. The minimum atomic E-state index is 0.0277. The molecule has 1 aromatic rings. The molecule has 0 saturated carbocycles. The molecule has 1 heterocycles. The van der Waals surface area contributed by atoms with Crippen molar-refractivity contribution in [2.45, 2.75) is 38.6 Å². The number of unbranched alkanes of at least 4 members (excludes halogenated alkanes) is 1. The summed E-state index contributed by atoms with van der Waals surface area (Å²) in [7, 11) is 1.68. The monoisotopic (exact) mass is 329 g/mol. The van der Waals surface area contributed by atoms with Crippen molar-refractivity contribution < 1.29 is 9.53 Å². The molecule has 0 aromatic heterocycles. The number of ether oxygens (including phenoxy) is 1. The van der Waals surface area contributed by atoms with E-state index in [4.69, 9.17) is 27.9 Å². The third-order valence-corrected chi connectivity index (χ3v) is 4.58. The number of amides is 1. The molecule has 1 aliphatic heterocycles. The van der Waals surface area contributed by atoms with E-state index >= 15 is 0 Å². The van der Waals surface area contributed by atoms with E-state index in [0.29, 0.717) is 23.1 Å². The standard InChI is InChI=1S/C16H21Cl2NO2/c1-11-14-9-12(17)10-15(18)13(14)6-7-19(11)16(20)5-3-4-8-21-2/h9-11H,3-8H2,1-2H3/t11-/m1/s1. The number of benzene rings is 1. The van der Waals surface area contributed by atoms with Crippen LogP contribution in [0, 0.1) is 0 Å². The van der Waals surface area contributed by atoms with Crippen LogP contribution in [0.1, 0.15) is 43.4 Å². The molecule has 3 nitrogen and oxygen atoms in total. The van der Waals surface area contributed by atoms with Gasteiger partial charge >= 0.3 is 0 Å². The first-order valence-electron chi connectivity index (χ1n) is 7.30. The van der Waals surface area contributed by atoms with Crippen molar-refractivity contribution >= 4 is 29.1 Å². The fraction of sp³-hybridized carbons (Fsp3) is 0.562. The summed E-state index contributed by atoms with van der Waals surface area (Å²) in [5.74, 6) is 0.195. The van der Waals surface area contributed by atoms with Crippen molar-refractivity contribution in [3.05, 3.63) is 33.3 Å². The van der Waals surface area contributed by atoms with Gasteiger partial charge in [0.2, 0.25) is 5.91 Å². The zero-order valence-corrected chi connectivity index (χ0v) is 14.0. The molecule has 2 rings (SSSR count). The quantitative estimate of drug-likeness (QED) is 0.755. The average molecular weight is 330 g/mol. The molecule has 0 saturated heterocycles. The molecule has 21 heavy (non-hydrogen) atoms. The number of hydrogen-bond acceptors (Lipinski definition) is 2. The van der Waals surface area contributed by atoms with Crippen LogP contribution in [0.4, 0.5) is 0 Å². The molecule has 0 radical (unpaired) electrons. The van der Waals surface area contributed by atoms with E-state index in [0.717, 1.165) is 36.9 Å². The molecule has 5 heteroatoms. The Kier molecular flexibility index (Phi) is 5.91. The zero-order chi connectivity index (χ0) is 15.4. The summed E-state index contributed by atoms with van der Waals surface area (Å²) < 4.78 is 5.01. The van der Waals surface area contributed by atoms with E-state index in [1.165, 1.54) is 0 Å². The van der Waals surface area contributed by atoms with E-state index in [1.54, 1.807) is 13.2 Å². The Morgan fingerprint density at radius 1 is 1.38 bits per heavy atom. The Morgan fingerprint density at radius 2 is 2.14 bits per heavy atom. The topological polar surface area (TPSA) is 29.5 Å². The summed E-state index contributed by atoms with van der Waals surface area (Å²) in [5.41, 5.74) is 2.20. The highest BCUT2D eigenvalue weighted by Gasteiger charge is 2.28. The van der Waals surface area contributed by atoms with Gasteiger partial charge in [0.05, 0.1) is 6.04 Å². The van der Waals surface area contributed by atoms with E-state index in [1.807, 2.05) is 17.9 Å². The van der Waals surface area contributed by atoms with Gasteiger partial charge < -0.3 is 9.64 Å². The fourth-order valence-electron chi connectivity index (χ4n) is 2.86. The summed E-state index contributed by atoms with van der Waals surface area (Å²) >= 11 is 12.3. The van der Waals surface area contributed by atoms with Gasteiger partial charge in [0.1, 0.15) is 0 Å². The van der Waals surface area contributed by atoms with Gasteiger partial charge in [-0.25, -0.2) is 0 Å². The maximum absolute atomic E-state index is 12.4. The van der Waals surface area contributed by atoms with E-state index in [2.05, 4.69) is 0 Å². The summed E-state index contributed by atoms with van der Waals surface area (Å²) in [6.07, 6.45) is 3.13. The smallest absolute Gasteiger partial charge is 0.223 e. The van der Waals surface area contributed by atoms with Crippen LogP contribution in [0.3, 0.4) is 0 Å². The van der Waals surface area contributed by atoms with Crippen LogP contribution < -0.4 is 0 Å². The second kappa shape index (κ2) is 7.48. The van der Waals surface area contributed by atoms with Crippen molar-refractivity contribution in [3.8, 4) is 0 Å². The van der Waals surface area contributed by atoms with Crippen LogP contribution in [-0.2, 0) is 16.0 Å². The predicted molar refractivity (Wildman–Crippen MR) is 86.0 cm³/mol. The lowest BCUT2D eigenvalue weighted by Crippen LogP contribution is -2.38. The van der Waals surface area contributed by atoms with Gasteiger partial charge in [-0.3, -0.25) is 4.79 Å². The molecule has 0 spiro atoms. The molecule has 116 valence electrons. The predicted octanol–water partition coefficient (Wildman–Crippen LogP) is 4.26. The molecule has 0 unspecified atom stereocenters. The molecule has 0 aliphatic carbocycles. The van der Waals surface area contributed by atoms with Gasteiger partial charge in [0, 0.05) is 36.7 Å². The highest BCUT2D eigenvalue weighted by molar-refractivity contribution is 6.35. The Labute approximate surface area is 136 Å². The Morgan fingerprint density at radius 3 is 2.86 bits per heavy atom. The van der Waals surface area contributed by atoms with Crippen LogP contribution in [0.2, 0.25) is 10.0 Å². The lowest BCUT2D eigenvalue weighted by Gasteiger charge is -2.36. The van der Waals surface area contributed by atoms with Crippen LogP contribution in [0.15, 0.2) is 12.1 Å². The molecule has 0 fully saturated rings. The van der Waals surface area contributed by atoms with Gasteiger partial charge in [-0.1, -0.05) is 23.2 Å². The Balaban J connectivity index is 2.06. The average Bonchev–Trinajstić information content (AvgIpc) is 2.44. The van der Waals surface area contributed by atoms with Crippen molar-refractivity contribution in [2.75, 3.05) is 20.3 Å². The van der Waals surface area contributed by atoms with E-state index in [-0.39, 0.29) is 11.9 Å². The van der Waals surface area contributed by atoms with Crippen molar-refractivity contribution in [3.63, 3.8) is 0 Å². The van der Waals surface area contributed by atoms with Crippen LogP contribution in [0.25, 0.3) is 0 Å². The molecule has 1 aliphatic rings. The number of nitrogens with zero attached hydrogens (tertiary/aromatic N) is 1. The minimum Gasteiger partial charge on any atom is -0.385 e. The largest absolute Gasteiger partial charge is 0.385 e. The molecular weight excluding hydrogens is 309 g/mol. The summed E-state index contributed by atoms with van der Waals surface area (Å²) in [6.45, 7) is 3.47. The van der Waals surface area contributed by atoms with Crippen molar-refractivity contribution in [1.29, 1.82) is 0 Å². The summed E-state index contributed by atoms with van der Waals surface area (Å²) in [4.78, 5) is 14.3. The SMILES string of the molecule is COCCCCC(=O)N1CCc2c(Cl)cc(Cl)cc2[C@H]1C. The molecule has 0 bridgehead atoms. The second-order valence-electron chi connectivity index (χ2n) is 5.42. The maximum atomic E-state index is 12.4. The molecule has 1 atom stereocenters. The molecule has 1 amide bonds. The van der Waals surface area contributed by atoms with Crippen molar-refractivity contribution in [1.82, 2.24) is 4.90 Å². The second-order valence-corrected chi connectivity index (χ2v) is 6.26. The molecule has 1 aromatic carbocycles. The van der Waals surface area contributed by atoms with Crippen LogP contribution in [0.5, 0.6) is 0 Å². The molecular formula is C16H21Cl2NO2. The number of hydrogen-bond donors (Lipinski definition) is 0. The highest BCUT2D eigenvalue weighted by Crippen LogP contribution is 2.36. The van der Waals surface area contributed by atoms with Gasteiger partial charge in [0.25, 0.3) is 0 Å². The third kappa shape index (κ3) is 3.91. The van der Waals surface area contributed by atoms with Crippen LogP contribution in [-0.4, -0.2) is 31.1 Å². The number of fused-ring (bicyclic) bond motifs is 1. The maximum Gasteiger partial charge on any atom is 0.223 e. The number of methoxy groups -OCH3 is 1. The molecule has 0 N–H and O–H groups in total. The minimum absolute atomic E-state index is 0.0277. The first-order chi connectivity index (χ1) is 10.0. The number of halogens is 2. The lowest BCUT2D eigenvalue weighted by molar-refractivity contribution is -0.133. The summed E-state index contributed by atoms with van der Waals surface area (Å²) in [6, 6.07) is 3.73. The van der Waals surface area contributed by atoms with Gasteiger partial charge in [-0.05, 0) is 49.4 Å². The number of carbonyl (C=O) groups is 1. The van der Waals surface area contributed by atoms with E-state index in [9.17, 15) is 4.79 Å². The van der Waals surface area contributed by atoms with Gasteiger partial charge in [-0.2, -0.15) is 0 Å². The highest BCUT2D eigenvalue weighted by atomic mass is 35.5. The zero-order valence-electron chi connectivity index (χ0n) is 12.5. The van der Waals surface area contributed by atoms with E-state index < -0.39 is 0 Å². The third-order valence-electron chi connectivity index (χ3n) is 4.02.